The Hall–Kier alpha value is -2.29. The van der Waals surface area contributed by atoms with Gasteiger partial charge in [-0.25, -0.2) is 8.42 Å². The van der Waals surface area contributed by atoms with Crippen molar-refractivity contribution in [3.05, 3.63) is 58.1 Å². The summed E-state index contributed by atoms with van der Waals surface area (Å²) < 4.78 is 25.9. The van der Waals surface area contributed by atoms with Crippen LogP contribution >= 0.6 is 23.2 Å². The number of hydrogen-bond acceptors (Lipinski definition) is 4. The van der Waals surface area contributed by atoms with Crippen molar-refractivity contribution in [1.29, 1.82) is 0 Å². The number of benzene rings is 2. The third-order valence-corrected chi connectivity index (χ3v) is 5.86. The molecule has 0 aliphatic heterocycles. The maximum Gasteiger partial charge on any atom is 0.250 e. The second kappa shape index (κ2) is 8.81. The first kappa shape index (κ1) is 22.0. The molecule has 0 aliphatic carbocycles. The minimum Gasteiger partial charge on any atom is -0.366 e. The molecule has 7 nitrogen and oxygen atoms in total. The fraction of sp³-hybridized carbons (Fsp3) is 0.222. The number of sulfonamides is 1. The first-order chi connectivity index (χ1) is 13.1. The van der Waals surface area contributed by atoms with E-state index in [1.807, 2.05) is 0 Å². The molecular formula is C18H19Cl2N3O4S. The molecule has 2 rings (SSSR count). The molecule has 2 aromatic rings. The van der Waals surface area contributed by atoms with Crippen LogP contribution in [0.15, 0.2) is 42.5 Å². The van der Waals surface area contributed by atoms with E-state index in [1.54, 1.807) is 19.1 Å². The highest BCUT2D eigenvalue weighted by molar-refractivity contribution is 7.92. The molecule has 3 N–H and O–H groups in total. The van der Waals surface area contributed by atoms with Gasteiger partial charge in [0.15, 0.2) is 0 Å². The highest BCUT2D eigenvalue weighted by Gasteiger charge is 2.32. The van der Waals surface area contributed by atoms with Gasteiger partial charge in [-0.05, 0) is 36.8 Å². The molecule has 150 valence electrons. The number of nitrogens with two attached hydrogens (primary N) is 1. The van der Waals surface area contributed by atoms with Crippen molar-refractivity contribution in [3.63, 3.8) is 0 Å². The van der Waals surface area contributed by atoms with Crippen molar-refractivity contribution in [2.24, 2.45) is 5.73 Å². The molecule has 0 fully saturated rings. The SMILES string of the molecule is CCC(C(=O)Nc1ccccc1C(N)=O)N(c1ccc(Cl)c(Cl)c1)S(C)(=O)=O. The van der Waals surface area contributed by atoms with E-state index in [9.17, 15) is 18.0 Å². The summed E-state index contributed by atoms with van der Waals surface area (Å²) in [4.78, 5) is 24.5. The van der Waals surface area contributed by atoms with Crippen molar-refractivity contribution in [3.8, 4) is 0 Å². The van der Waals surface area contributed by atoms with Gasteiger partial charge in [0.1, 0.15) is 6.04 Å². The van der Waals surface area contributed by atoms with Crippen LogP contribution in [0.3, 0.4) is 0 Å². The number of anilines is 2. The number of carbonyl (C=O) groups excluding carboxylic acids is 2. The van der Waals surface area contributed by atoms with Crippen LogP contribution in [-0.4, -0.2) is 32.5 Å². The molecule has 0 saturated carbocycles. The lowest BCUT2D eigenvalue weighted by atomic mass is 10.1. The minimum absolute atomic E-state index is 0.117. The molecule has 2 amide bonds. The van der Waals surface area contributed by atoms with Gasteiger partial charge in [-0.1, -0.05) is 42.3 Å². The van der Waals surface area contributed by atoms with E-state index in [4.69, 9.17) is 28.9 Å². The van der Waals surface area contributed by atoms with Gasteiger partial charge in [0, 0.05) is 0 Å². The fourth-order valence-corrected chi connectivity index (χ4v) is 4.20. The summed E-state index contributed by atoms with van der Waals surface area (Å²) in [7, 11) is -3.84. The summed E-state index contributed by atoms with van der Waals surface area (Å²) >= 11 is 11.9. The molecule has 0 spiro atoms. The molecule has 0 saturated heterocycles. The van der Waals surface area contributed by atoms with Crippen molar-refractivity contribution < 1.29 is 18.0 Å². The number of carbonyl (C=O) groups is 2. The Labute approximate surface area is 173 Å². The Morgan fingerprint density at radius 1 is 1.14 bits per heavy atom. The van der Waals surface area contributed by atoms with Crippen LogP contribution in [0.1, 0.15) is 23.7 Å². The van der Waals surface area contributed by atoms with Gasteiger partial charge in [-0.3, -0.25) is 13.9 Å². The Kier molecular flexibility index (Phi) is 6.92. The van der Waals surface area contributed by atoms with Crippen LogP contribution in [-0.2, 0) is 14.8 Å². The minimum atomic E-state index is -3.84. The van der Waals surface area contributed by atoms with E-state index in [-0.39, 0.29) is 33.4 Å². The lowest BCUT2D eigenvalue weighted by Gasteiger charge is -2.30. The molecular weight excluding hydrogens is 425 g/mol. The normalized spacial score (nSPS) is 12.3. The maximum absolute atomic E-state index is 12.9. The molecule has 0 radical (unpaired) electrons. The zero-order valence-corrected chi connectivity index (χ0v) is 17.5. The molecule has 10 heteroatoms. The molecule has 0 aromatic heterocycles. The second-order valence-corrected chi connectivity index (χ2v) is 8.65. The molecule has 0 heterocycles. The number of primary amides is 1. The largest absolute Gasteiger partial charge is 0.366 e. The van der Waals surface area contributed by atoms with Gasteiger partial charge >= 0.3 is 0 Å². The number of nitrogens with one attached hydrogen (secondary N) is 1. The van der Waals surface area contributed by atoms with Crippen LogP contribution in [0.5, 0.6) is 0 Å². The van der Waals surface area contributed by atoms with Crippen LogP contribution in [0.4, 0.5) is 11.4 Å². The number of hydrogen-bond donors (Lipinski definition) is 2. The van der Waals surface area contributed by atoms with Crippen LogP contribution in [0.25, 0.3) is 0 Å². The predicted molar refractivity (Wildman–Crippen MR) is 111 cm³/mol. The van der Waals surface area contributed by atoms with Gasteiger partial charge in [0.25, 0.3) is 5.91 Å². The van der Waals surface area contributed by atoms with Gasteiger partial charge in [-0.2, -0.15) is 0 Å². The lowest BCUT2D eigenvalue weighted by molar-refractivity contribution is -0.117. The van der Waals surface area contributed by atoms with E-state index in [0.717, 1.165) is 10.6 Å². The van der Waals surface area contributed by atoms with E-state index < -0.39 is 27.9 Å². The number of halogens is 2. The van der Waals surface area contributed by atoms with Crippen molar-refractivity contribution >= 4 is 56.4 Å². The predicted octanol–water partition coefficient (Wildman–Crippen LogP) is 3.28. The fourth-order valence-electron chi connectivity index (χ4n) is 2.71. The Bertz CT molecular complexity index is 1010. The third kappa shape index (κ3) is 4.95. The van der Waals surface area contributed by atoms with Gasteiger partial charge in [-0.15, -0.1) is 0 Å². The van der Waals surface area contributed by atoms with Crippen molar-refractivity contribution in [2.45, 2.75) is 19.4 Å². The van der Waals surface area contributed by atoms with Gasteiger partial charge in [0.05, 0.1) is 33.2 Å². The smallest absolute Gasteiger partial charge is 0.250 e. The van der Waals surface area contributed by atoms with Gasteiger partial charge in [0.2, 0.25) is 15.9 Å². The standard InChI is InChI=1S/C18H19Cl2N3O4S/c1-3-16(18(25)22-15-7-5-4-6-12(15)17(21)24)23(28(2,26)27)11-8-9-13(19)14(20)10-11/h4-10,16H,3H2,1-2H3,(H2,21,24)(H,22,25). The number of rotatable bonds is 7. The summed E-state index contributed by atoms with van der Waals surface area (Å²) in [6, 6.07) is 9.39. The maximum atomic E-state index is 12.9. The number of amides is 2. The van der Waals surface area contributed by atoms with Crippen LogP contribution < -0.4 is 15.4 Å². The molecule has 0 aliphatic rings. The summed E-state index contributed by atoms with van der Waals surface area (Å²) in [6.45, 7) is 1.67. The van der Waals surface area contributed by atoms with Gasteiger partial charge < -0.3 is 11.1 Å². The molecule has 2 aromatic carbocycles. The van der Waals surface area contributed by atoms with Crippen molar-refractivity contribution in [1.82, 2.24) is 0 Å². The number of para-hydroxylation sites is 1. The zero-order chi connectivity index (χ0) is 21.1. The molecule has 1 atom stereocenters. The van der Waals surface area contributed by atoms with E-state index in [1.165, 1.54) is 30.3 Å². The summed E-state index contributed by atoms with van der Waals surface area (Å²) in [5, 5.41) is 3.00. The first-order valence-electron chi connectivity index (χ1n) is 8.20. The first-order valence-corrected chi connectivity index (χ1v) is 10.8. The monoisotopic (exact) mass is 443 g/mol. The highest BCUT2D eigenvalue weighted by atomic mass is 35.5. The highest BCUT2D eigenvalue weighted by Crippen LogP contribution is 2.30. The van der Waals surface area contributed by atoms with E-state index in [2.05, 4.69) is 5.32 Å². The number of nitrogens with zero attached hydrogens (tertiary/aromatic N) is 1. The molecule has 0 bridgehead atoms. The molecule has 28 heavy (non-hydrogen) atoms. The average Bonchev–Trinajstić information content (AvgIpc) is 2.61. The molecule has 1 unspecified atom stereocenters. The summed E-state index contributed by atoms with van der Waals surface area (Å²) in [5.74, 6) is -1.33. The van der Waals surface area contributed by atoms with Crippen LogP contribution in [0, 0.1) is 0 Å². The Morgan fingerprint density at radius 2 is 1.79 bits per heavy atom. The van der Waals surface area contributed by atoms with Crippen LogP contribution in [0.2, 0.25) is 10.0 Å². The quantitative estimate of drug-likeness (QED) is 0.683. The summed E-state index contributed by atoms with van der Waals surface area (Å²) in [5.41, 5.74) is 5.83. The Morgan fingerprint density at radius 3 is 2.32 bits per heavy atom. The second-order valence-electron chi connectivity index (χ2n) is 5.98. The topological polar surface area (TPSA) is 110 Å². The lowest BCUT2D eigenvalue weighted by Crippen LogP contribution is -2.47. The third-order valence-electron chi connectivity index (χ3n) is 3.94. The summed E-state index contributed by atoms with van der Waals surface area (Å²) in [6.07, 6.45) is 1.15. The van der Waals surface area contributed by atoms with E-state index in [0.29, 0.717) is 0 Å². The van der Waals surface area contributed by atoms with Crippen molar-refractivity contribution in [2.75, 3.05) is 15.9 Å². The van der Waals surface area contributed by atoms with E-state index >= 15 is 0 Å². The zero-order valence-electron chi connectivity index (χ0n) is 15.1. The Balaban J connectivity index is 2.45. The average molecular weight is 444 g/mol.